The van der Waals surface area contributed by atoms with Crippen molar-refractivity contribution in [2.45, 2.75) is 26.0 Å². The summed E-state index contributed by atoms with van der Waals surface area (Å²) in [6.07, 6.45) is 1.98. The SMILES string of the molecule is CC[C@H](C(=O)O)N1C(=O)/C(=C\c2ccc(OCc3ccccc3Cl)cc2)SC1=S. The first kappa shape index (κ1) is 21.4. The molecule has 5 nitrogen and oxygen atoms in total. The van der Waals surface area contributed by atoms with Crippen LogP contribution in [0.15, 0.2) is 53.4 Å². The largest absolute Gasteiger partial charge is 0.489 e. The van der Waals surface area contributed by atoms with Gasteiger partial charge in [0.15, 0.2) is 0 Å². The molecule has 2 aromatic rings. The third-order valence-corrected chi connectivity index (χ3v) is 6.04. The van der Waals surface area contributed by atoms with Crippen LogP contribution < -0.4 is 4.74 Å². The van der Waals surface area contributed by atoms with Gasteiger partial charge in [0.1, 0.15) is 22.7 Å². The Kier molecular flexibility index (Phi) is 6.95. The number of rotatable bonds is 7. The van der Waals surface area contributed by atoms with Crippen LogP contribution >= 0.6 is 35.6 Å². The first-order valence-electron chi connectivity index (χ1n) is 8.87. The highest BCUT2D eigenvalue weighted by Crippen LogP contribution is 2.34. The number of hydrogen-bond acceptors (Lipinski definition) is 5. The van der Waals surface area contributed by atoms with Crippen LogP contribution in [0.3, 0.4) is 0 Å². The van der Waals surface area contributed by atoms with Gasteiger partial charge in [-0.2, -0.15) is 0 Å². The zero-order chi connectivity index (χ0) is 21.0. The van der Waals surface area contributed by atoms with Crippen molar-refractivity contribution < 1.29 is 19.4 Å². The van der Waals surface area contributed by atoms with Crippen molar-refractivity contribution in [3.8, 4) is 5.75 Å². The number of thiocarbonyl (C=S) groups is 1. The van der Waals surface area contributed by atoms with Gasteiger partial charge in [-0.1, -0.05) is 72.8 Å². The van der Waals surface area contributed by atoms with E-state index >= 15 is 0 Å². The summed E-state index contributed by atoms with van der Waals surface area (Å²) in [5.74, 6) is -0.773. The number of carboxylic acid groups (broad SMARTS) is 1. The van der Waals surface area contributed by atoms with Crippen molar-refractivity contribution in [1.29, 1.82) is 0 Å². The van der Waals surface area contributed by atoms with Crippen LogP contribution in [0.4, 0.5) is 0 Å². The Bertz CT molecular complexity index is 975. The lowest BCUT2D eigenvalue weighted by Gasteiger charge is -2.21. The molecule has 1 amide bonds. The molecule has 0 aliphatic carbocycles. The molecular weight excluding hydrogens is 430 g/mol. The molecule has 0 bridgehead atoms. The normalized spacial score (nSPS) is 16.3. The number of benzene rings is 2. The van der Waals surface area contributed by atoms with E-state index in [-0.39, 0.29) is 16.6 Å². The Labute approximate surface area is 183 Å². The van der Waals surface area contributed by atoms with Gasteiger partial charge in [0.2, 0.25) is 0 Å². The predicted molar refractivity (Wildman–Crippen MR) is 119 cm³/mol. The molecule has 1 aliphatic heterocycles. The van der Waals surface area contributed by atoms with Crippen molar-refractivity contribution in [3.63, 3.8) is 0 Å². The van der Waals surface area contributed by atoms with E-state index in [1.807, 2.05) is 36.4 Å². The number of nitrogens with zero attached hydrogens (tertiary/aromatic N) is 1. The molecule has 29 heavy (non-hydrogen) atoms. The molecule has 0 unspecified atom stereocenters. The summed E-state index contributed by atoms with van der Waals surface area (Å²) in [6, 6.07) is 13.8. The van der Waals surface area contributed by atoms with E-state index in [9.17, 15) is 14.7 Å². The fourth-order valence-corrected chi connectivity index (χ4v) is 4.35. The molecule has 0 spiro atoms. The van der Waals surface area contributed by atoms with Crippen LogP contribution in [0, 0.1) is 0 Å². The van der Waals surface area contributed by atoms with Gasteiger partial charge in [0, 0.05) is 10.6 Å². The van der Waals surface area contributed by atoms with Crippen LogP contribution in [-0.4, -0.2) is 32.2 Å². The summed E-state index contributed by atoms with van der Waals surface area (Å²) in [5.41, 5.74) is 1.68. The average Bonchev–Trinajstić information content (AvgIpc) is 2.97. The number of amides is 1. The zero-order valence-corrected chi connectivity index (χ0v) is 17.9. The molecule has 0 radical (unpaired) electrons. The van der Waals surface area contributed by atoms with E-state index in [1.54, 1.807) is 25.1 Å². The quantitative estimate of drug-likeness (QED) is 0.476. The minimum absolute atomic E-state index is 0.259. The number of halogens is 1. The second kappa shape index (κ2) is 9.43. The van der Waals surface area contributed by atoms with Crippen LogP contribution in [-0.2, 0) is 16.2 Å². The number of thioether (sulfide) groups is 1. The molecule has 1 heterocycles. The van der Waals surface area contributed by atoms with Crippen molar-refractivity contribution in [2.75, 3.05) is 0 Å². The fourth-order valence-electron chi connectivity index (χ4n) is 2.80. The Morgan fingerprint density at radius 1 is 1.28 bits per heavy atom. The van der Waals surface area contributed by atoms with Crippen molar-refractivity contribution in [3.05, 3.63) is 69.6 Å². The van der Waals surface area contributed by atoms with Gasteiger partial charge in [0.05, 0.1) is 4.91 Å². The third-order valence-electron chi connectivity index (χ3n) is 4.34. The highest BCUT2D eigenvalue weighted by atomic mass is 35.5. The van der Waals surface area contributed by atoms with Gasteiger partial charge in [-0.05, 0) is 36.3 Å². The Morgan fingerprint density at radius 2 is 1.97 bits per heavy atom. The Hall–Kier alpha value is -2.35. The van der Waals surface area contributed by atoms with E-state index in [2.05, 4.69) is 0 Å². The number of carbonyl (C=O) groups is 2. The lowest BCUT2D eigenvalue weighted by Crippen LogP contribution is -2.43. The molecule has 1 atom stereocenters. The summed E-state index contributed by atoms with van der Waals surface area (Å²) in [4.78, 5) is 25.6. The van der Waals surface area contributed by atoms with Crippen LogP contribution in [0.1, 0.15) is 24.5 Å². The number of carboxylic acids is 1. The maximum Gasteiger partial charge on any atom is 0.326 e. The van der Waals surface area contributed by atoms with Crippen molar-refractivity contribution in [1.82, 2.24) is 4.90 Å². The maximum absolute atomic E-state index is 12.6. The molecule has 0 saturated carbocycles. The van der Waals surface area contributed by atoms with Crippen molar-refractivity contribution >= 4 is 57.9 Å². The smallest absolute Gasteiger partial charge is 0.326 e. The Morgan fingerprint density at radius 3 is 2.59 bits per heavy atom. The van der Waals surface area contributed by atoms with Crippen LogP contribution in [0.2, 0.25) is 5.02 Å². The highest BCUT2D eigenvalue weighted by molar-refractivity contribution is 8.26. The number of ether oxygens (including phenoxy) is 1. The van der Waals surface area contributed by atoms with Gasteiger partial charge in [-0.25, -0.2) is 4.79 Å². The summed E-state index contributed by atoms with van der Waals surface area (Å²) in [7, 11) is 0. The van der Waals surface area contributed by atoms with Crippen LogP contribution in [0.25, 0.3) is 6.08 Å². The number of hydrogen-bond donors (Lipinski definition) is 1. The summed E-state index contributed by atoms with van der Waals surface area (Å²) in [5, 5.41) is 9.97. The minimum Gasteiger partial charge on any atom is -0.489 e. The second-order valence-electron chi connectivity index (χ2n) is 6.26. The molecule has 3 rings (SSSR count). The molecule has 2 aromatic carbocycles. The van der Waals surface area contributed by atoms with E-state index in [0.29, 0.717) is 22.3 Å². The summed E-state index contributed by atoms with van der Waals surface area (Å²) < 4.78 is 6.01. The topological polar surface area (TPSA) is 66.8 Å². The second-order valence-corrected chi connectivity index (χ2v) is 8.35. The summed E-state index contributed by atoms with van der Waals surface area (Å²) in [6.45, 7) is 2.06. The van der Waals surface area contributed by atoms with Crippen molar-refractivity contribution in [2.24, 2.45) is 0 Å². The monoisotopic (exact) mass is 447 g/mol. The maximum atomic E-state index is 12.6. The van der Waals surface area contributed by atoms with Gasteiger partial charge in [-0.3, -0.25) is 9.69 Å². The molecular formula is C21H18ClNO4S2. The minimum atomic E-state index is -1.06. The zero-order valence-electron chi connectivity index (χ0n) is 15.5. The van der Waals surface area contributed by atoms with E-state index in [1.165, 1.54) is 4.90 Å². The molecule has 0 aromatic heterocycles. The molecule has 1 aliphatic rings. The van der Waals surface area contributed by atoms with Gasteiger partial charge in [-0.15, -0.1) is 0 Å². The lowest BCUT2D eigenvalue weighted by atomic mass is 10.1. The fraction of sp³-hybridized carbons (Fsp3) is 0.190. The molecule has 1 saturated heterocycles. The van der Waals surface area contributed by atoms with Gasteiger partial charge in [0.25, 0.3) is 5.91 Å². The van der Waals surface area contributed by atoms with Gasteiger partial charge >= 0.3 is 5.97 Å². The van der Waals surface area contributed by atoms with E-state index in [4.69, 9.17) is 28.6 Å². The molecule has 8 heteroatoms. The number of carbonyl (C=O) groups excluding carboxylic acids is 1. The third kappa shape index (κ3) is 4.98. The first-order valence-corrected chi connectivity index (χ1v) is 10.5. The summed E-state index contributed by atoms with van der Waals surface area (Å²) >= 11 is 12.5. The standard InChI is InChI=1S/C21H18ClNO4S2/c1-2-17(20(25)26)23-19(24)18(29-21(23)28)11-13-7-9-15(10-8-13)27-12-14-5-3-4-6-16(14)22/h3-11,17H,2,12H2,1H3,(H,25,26)/b18-11+/t17-/m1/s1. The molecule has 1 N–H and O–H groups in total. The molecule has 1 fully saturated rings. The Balaban J connectivity index is 1.69. The average molecular weight is 448 g/mol. The van der Waals surface area contributed by atoms with E-state index < -0.39 is 12.0 Å². The molecule has 150 valence electrons. The predicted octanol–water partition coefficient (Wildman–Crippen LogP) is 4.98. The van der Waals surface area contributed by atoms with Gasteiger partial charge < -0.3 is 9.84 Å². The lowest BCUT2D eigenvalue weighted by molar-refractivity contribution is -0.145. The van der Waals surface area contributed by atoms with Crippen LogP contribution in [0.5, 0.6) is 5.75 Å². The van der Waals surface area contributed by atoms with E-state index in [0.717, 1.165) is 22.9 Å². The highest BCUT2D eigenvalue weighted by Gasteiger charge is 2.39. The first-order chi connectivity index (χ1) is 13.9. The number of aliphatic carboxylic acids is 1.